The van der Waals surface area contributed by atoms with Crippen LogP contribution in [0.25, 0.3) is 22.9 Å². The largest absolute Gasteiger partial charge is 0.341 e. The Labute approximate surface area is 180 Å². The summed E-state index contributed by atoms with van der Waals surface area (Å²) in [6.45, 7) is 4.19. The molecule has 0 saturated heterocycles. The van der Waals surface area contributed by atoms with Gasteiger partial charge in [-0.1, -0.05) is 37.3 Å². The highest BCUT2D eigenvalue weighted by atomic mass is 15.4. The lowest BCUT2D eigenvalue weighted by atomic mass is 9.89. The number of aromatic nitrogens is 7. The number of nitrogens with zero attached hydrogens (tertiary/aromatic N) is 8. The number of anilines is 1. The highest BCUT2D eigenvalue weighted by Gasteiger charge is 2.40. The first-order valence-corrected chi connectivity index (χ1v) is 10.9. The number of benzene rings is 1. The summed E-state index contributed by atoms with van der Waals surface area (Å²) in [5, 5.41) is 13.4. The van der Waals surface area contributed by atoms with E-state index in [-0.39, 0.29) is 6.04 Å². The van der Waals surface area contributed by atoms with Gasteiger partial charge in [-0.25, -0.2) is 4.98 Å². The van der Waals surface area contributed by atoms with Gasteiger partial charge in [-0.3, -0.25) is 4.57 Å². The maximum atomic E-state index is 5.08. The van der Waals surface area contributed by atoms with Gasteiger partial charge >= 0.3 is 0 Å². The average molecular weight is 413 g/mol. The summed E-state index contributed by atoms with van der Waals surface area (Å²) in [7, 11) is 0. The minimum atomic E-state index is 0.160. The molecule has 156 valence electrons. The van der Waals surface area contributed by atoms with Crippen molar-refractivity contribution in [2.24, 2.45) is 0 Å². The van der Waals surface area contributed by atoms with E-state index in [0.717, 1.165) is 40.8 Å². The van der Waals surface area contributed by atoms with Gasteiger partial charge < -0.3 is 4.90 Å². The molecule has 1 aliphatic carbocycles. The Morgan fingerprint density at radius 1 is 1.06 bits per heavy atom. The molecule has 0 spiro atoms. The molecule has 8 nitrogen and oxygen atoms in total. The van der Waals surface area contributed by atoms with Crippen LogP contribution in [0, 0.1) is 6.92 Å². The molecular formula is C23H24N8. The number of rotatable bonds is 4. The molecule has 1 fully saturated rings. The van der Waals surface area contributed by atoms with Gasteiger partial charge in [0.2, 0.25) is 0 Å². The van der Waals surface area contributed by atoms with E-state index in [1.807, 2.05) is 42.1 Å². The Kier molecular flexibility index (Phi) is 4.12. The molecule has 4 aromatic rings. The summed E-state index contributed by atoms with van der Waals surface area (Å²) in [6, 6.07) is 12.9. The summed E-state index contributed by atoms with van der Waals surface area (Å²) in [5.41, 5.74) is 3.01. The zero-order valence-electron chi connectivity index (χ0n) is 17.7. The maximum Gasteiger partial charge on any atom is 0.253 e. The Morgan fingerprint density at radius 3 is 2.65 bits per heavy atom. The zero-order chi connectivity index (χ0) is 20.9. The molecule has 3 aromatic heterocycles. The molecule has 4 heterocycles. The topological polar surface area (TPSA) is 77.5 Å². The van der Waals surface area contributed by atoms with Crippen LogP contribution in [0.4, 0.5) is 5.82 Å². The Balaban J connectivity index is 1.53. The SMILES string of the molecule is CCC1c2nnc(C)n2-c2cnc(-n3nccc3-c3ccccc3)nc2N1C1CCC1. The van der Waals surface area contributed by atoms with Crippen molar-refractivity contribution >= 4 is 5.82 Å². The molecule has 8 heteroatoms. The second kappa shape index (κ2) is 7.01. The van der Waals surface area contributed by atoms with Crippen LogP contribution in [0.3, 0.4) is 0 Å². The molecule has 0 bridgehead atoms. The molecule has 1 aromatic carbocycles. The Hall–Kier alpha value is -3.55. The van der Waals surface area contributed by atoms with Crippen LogP contribution in [0.1, 0.15) is 50.3 Å². The Morgan fingerprint density at radius 2 is 1.90 bits per heavy atom. The first kappa shape index (κ1) is 18.2. The van der Waals surface area contributed by atoms with Crippen LogP contribution in [-0.4, -0.2) is 40.6 Å². The summed E-state index contributed by atoms with van der Waals surface area (Å²) in [5.74, 6) is 3.38. The first-order chi connectivity index (χ1) is 15.3. The van der Waals surface area contributed by atoms with E-state index in [4.69, 9.17) is 9.97 Å². The lowest BCUT2D eigenvalue weighted by molar-refractivity contribution is 0.341. The second-order valence-electron chi connectivity index (χ2n) is 8.23. The van der Waals surface area contributed by atoms with Gasteiger partial charge in [0.15, 0.2) is 11.6 Å². The molecular weight excluding hydrogens is 388 g/mol. The van der Waals surface area contributed by atoms with Gasteiger partial charge in [0.1, 0.15) is 11.5 Å². The lowest BCUT2D eigenvalue weighted by Crippen LogP contribution is -2.46. The van der Waals surface area contributed by atoms with Gasteiger partial charge in [0.25, 0.3) is 5.95 Å². The molecule has 6 rings (SSSR count). The number of fused-ring (bicyclic) bond motifs is 3. The van der Waals surface area contributed by atoms with Crippen molar-refractivity contribution in [2.45, 2.75) is 51.6 Å². The molecule has 2 aliphatic rings. The van der Waals surface area contributed by atoms with E-state index in [1.54, 1.807) is 6.20 Å². The van der Waals surface area contributed by atoms with Gasteiger partial charge in [0.05, 0.1) is 24.1 Å². The van der Waals surface area contributed by atoms with Crippen LogP contribution in [0.15, 0.2) is 48.8 Å². The van der Waals surface area contributed by atoms with Crippen molar-refractivity contribution in [2.75, 3.05) is 4.90 Å². The third kappa shape index (κ3) is 2.71. The van der Waals surface area contributed by atoms with Gasteiger partial charge in [-0.05, 0) is 38.7 Å². The lowest BCUT2D eigenvalue weighted by Gasteiger charge is -2.45. The normalized spacial score (nSPS) is 17.9. The fraction of sp³-hybridized carbons (Fsp3) is 0.348. The predicted octanol–water partition coefficient (Wildman–Crippen LogP) is 4.04. The second-order valence-corrected chi connectivity index (χ2v) is 8.23. The Bertz CT molecular complexity index is 1240. The highest BCUT2D eigenvalue weighted by molar-refractivity contribution is 5.65. The van der Waals surface area contributed by atoms with Crippen molar-refractivity contribution in [3.63, 3.8) is 0 Å². The molecule has 1 unspecified atom stereocenters. The van der Waals surface area contributed by atoms with Crippen LogP contribution in [0.2, 0.25) is 0 Å². The van der Waals surface area contributed by atoms with Gasteiger partial charge in [-0.15, -0.1) is 10.2 Å². The van der Waals surface area contributed by atoms with Crippen molar-refractivity contribution in [1.29, 1.82) is 0 Å². The standard InChI is InChI=1S/C23H24N8/c1-3-18-22-28-27-15(2)29(22)20-14-24-23(26-21(20)30(18)17-10-7-11-17)31-19(12-13-25-31)16-8-5-4-6-9-16/h4-6,8-9,12-14,17-18H,3,7,10-11H2,1-2H3. The molecule has 0 N–H and O–H groups in total. The summed E-state index contributed by atoms with van der Waals surface area (Å²) in [6.07, 6.45) is 8.26. The molecule has 1 atom stereocenters. The monoisotopic (exact) mass is 412 g/mol. The van der Waals surface area contributed by atoms with E-state index < -0.39 is 0 Å². The van der Waals surface area contributed by atoms with Crippen LogP contribution in [0.5, 0.6) is 0 Å². The minimum absolute atomic E-state index is 0.160. The smallest absolute Gasteiger partial charge is 0.253 e. The van der Waals surface area contributed by atoms with Crippen LogP contribution < -0.4 is 4.90 Å². The summed E-state index contributed by atoms with van der Waals surface area (Å²) < 4.78 is 3.94. The zero-order valence-corrected chi connectivity index (χ0v) is 17.7. The summed E-state index contributed by atoms with van der Waals surface area (Å²) >= 11 is 0. The van der Waals surface area contributed by atoms with Crippen LogP contribution >= 0.6 is 0 Å². The third-order valence-corrected chi connectivity index (χ3v) is 6.46. The fourth-order valence-electron chi connectivity index (χ4n) is 4.73. The summed E-state index contributed by atoms with van der Waals surface area (Å²) in [4.78, 5) is 12.3. The van der Waals surface area contributed by atoms with Crippen LogP contribution in [-0.2, 0) is 0 Å². The van der Waals surface area contributed by atoms with E-state index >= 15 is 0 Å². The quantitative estimate of drug-likeness (QED) is 0.503. The molecule has 0 radical (unpaired) electrons. The third-order valence-electron chi connectivity index (χ3n) is 6.46. The van der Waals surface area contributed by atoms with Crippen molar-refractivity contribution < 1.29 is 0 Å². The predicted molar refractivity (Wildman–Crippen MR) is 117 cm³/mol. The van der Waals surface area contributed by atoms with E-state index in [2.05, 4.69) is 43.8 Å². The molecule has 31 heavy (non-hydrogen) atoms. The van der Waals surface area contributed by atoms with Gasteiger partial charge in [-0.2, -0.15) is 14.8 Å². The van der Waals surface area contributed by atoms with Crippen molar-refractivity contribution in [3.05, 3.63) is 60.4 Å². The fourth-order valence-corrected chi connectivity index (χ4v) is 4.73. The number of hydrogen-bond acceptors (Lipinski definition) is 6. The van der Waals surface area contributed by atoms with Gasteiger partial charge in [0, 0.05) is 11.6 Å². The molecule has 0 amide bonds. The maximum absolute atomic E-state index is 5.08. The minimum Gasteiger partial charge on any atom is -0.341 e. The molecule has 1 aliphatic heterocycles. The first-order valence-electron chi connectivity index (χ1n) is 10.9. The average Bonchev–Trinajstić information content (AvgIpc) is 3.40. The molecule has 1 saturated carbocycles. The number of aryl methyl sites for hydroxylation is 1. The van der Waals surface area contributed by atoms with E-state index in [0.29, 0.717) is 12.0 Å². The highest BCUT2D eigenvalue weighted by Crippen LogP contribution is 2.44. The van der Waals surface area contributed by atoms with E-state index in [1.165, 1.54) is 19.3 Å². The van der Waals surface area contributed by atoms with E-state index in [9.17, 15) is 0 Å². The number of hydrogen-bond donors (Lipinski definition) is 0. The van der Waals surface area contributed by atoms with Crippen molar-refractivity contribution in [3.8, 4) is 22.9 Å². The van der Waals surface area contributed by atoms with Crippen molar-refractivity contribution in [1.82, 2.24) is 34.5 Å².